The molecule has 0 N–H and O–H groups in total. The van der Waals surface area contributed by atoms with Gasteiger partial charge >= 0.3 is 0 Å². The third-order valence-electron chi connectivity index (χ3n) is 5.15. The van der Waals surface area contributed by atoms with Gasteiger partial charge in [0.1, 0.15) is 0 Å². The molecule has 1 atom stereocenters. The molecule has 0 fully saturated rings. The molecule has 3 heteroatoms. The highest BCUT2D eigenvalue weighted by molar-refractivity contribution is 5.32. The molecule has 0 amide bonds. The number of nitrogens with zero attached hydrogens (tertiary/aromatic N) is 3. The number of pyridine rings is 1. The molecule has 4 rings (SSSR count). The van der Waals surface area contributed by atoms with E-state index in [0.29, 0.717) is 0 Å². The van der Waals surface area contributed by atoms with Gasteiger partial charge in [-0.15, -0.1) is 0 Å². The van der Waals surface area contributed by atoms with E-state index in [4.69, 9.17) is 0 Å². The molecule has 1 aromatic carbocycles. The first-order chi connectivity index (χ1) is 12.3. The van der Waals surface area contributed by atoms with Gasteiger partial charge in [-0.3, -0.25) is 9.88 Å². The Balaban J connectivity index is 1.72. The fourth-order valence-electron chi connectivity index (χ4n) is 3.83. The topological polar surface area (TPSA) is 21.1 Å². The van der Waals surface area contributed by atoms with Crippen molar-refractivity contribution in [3.63, 3.8) is 0 Å². The first kappa shape index (κ1) is 16.1. The van der Waals surface area contributed by atoms with Crippen LogP contribution in [0.5, 0.6) is 0 Å². The van der Waals surface area contributed by atoms with E-state index >= 15 is 0 Å². The van der Waals surface area contributed by atoms with Gasteiger partial charge in [0.2, 0.25) is 0 Å². The highest BCUT2D eigenvalue weighted by Gasteiger charge is 2.27. The van der Waals surface area contributed by atoms with Crippen molar-refractivity contribution < 1.29 is 0 Å². The second-order valence-corrected chi connectivity index (χ2v) is 6.77. The van der Waals surface area contributed by atoms with Gasteiger partial charge in [0.05, 0.1) is 11.7 Å². The monoisotopic (exact) mass is 331 g/mol. The van der Waals surface area contributed by atoms with Crippen LogP contribution in [0.25, 0.3) is 0 Å². The van der Waals surface area contributed by atoms with Crippen molar-refractivity contribution in [2.24, 2.45) is 0 Å². The first-order valence-corrected chi connectivity index (χ1v) is 9.23. The summed E-state index contributed by atoms with van der Waals surface area (Å²) in [7, 11) is 0. The molecular weight excluding hydrogens is 306 g/mol. The number of hydrogen-bond acceptors (Lipinski definition) is 2. The van der Waals surface area contributed by atoms with E-state index in [9.17, 15) is 0 Å². The first-order valence-electron chi connectivity index (χ1n) is 9.23. The molecule has 1 aliphatic heterocycles. The number of aryl methyl sites for hydroxylation is 2. The molecule has 3 heterocycles. The van der Waals surface area contributed by atoms with Crippen LogP contribution in [0.2, 0.25) is 0 Å². The summed E-state index contributed by atoms with van der Waals surface area (Å²) in [6.07, 6.45) is 6.35. The Labute approximate surface area is 149 Å². The molecule has 0 aliphatic carbocycles. The Kier molecular flexibility index (Phi) is 4.66. The SMILES string of the molecule is CCc1ccc([C@@H]2c3cccn3CCCN2Cc2ccccn2)cc1. The number of hydrogen-bond donors (Lipinski definition) is 0. The van der Waals surface area contributed by atoms with Crippen molar-refractivity contribution in [3.8, 4) is 0 Å². The largest absolute Gasteiger partial charge is 0.350 e. The summed E-state index contributed by atoms with van der Waals surface area (Å²) in [5.41, 5.74) is 5.29. The molecule has 0 bridgehead atoms. The molecule has 128 valence electrons. The van der Waals surface area contributed by atoms with Crippen LogP contribution in [-0.2, 0) is 19.5 Å². The molecule has 3 nitrogen and oxygen atoms in total. The van der Waals surface area contributed by atoms with Crippen molar-refractivity contribution in [2.45, 2.75) is 38.9 Å². The van der Waals surface area contributed by atoms with Crippen LogP contribution in [-0.4, -0.2) is 21.0 Å². The van der Waals surface area contributed by atoms with Crippen molar-refractivity contribution in [1.29, 1.82) is 0 Å². The zero-order chi connectivity index (χ0) is 17.1. The lowest BCUT2D eigenvalue weighted by Gasteiger charge is -2.30. The van der Waals surface area contributed by atoms with Crippen LogP contribution in [0.3, 0.4) is 0 Å². The van der Waals surface area contributed by atoms with Crippen molar-refractivity contribution in [1.82, 2.24) is 14.5 Å². The van der Waals surface area contributed by atoms with Crippen LogP contribution in [0, 0.1) is 0 Å². The maximum absolute atomic E-state index is 4.55. The summed E-state index contributed by atoms with van der Waals surface area (Å²) in [5.74, 6) is 0. The fraction of sp³-hybridized carbons (Fsp3) is 0.318. The van der Waals surface area contributed by atoms with Gasteiger partial charge in [0, 0.05) is 37.7 Å². The molecule has 0 unspecified atom stereocenters. The lowest BCUT2D eigenvalue weighted by Crippen LogP contribution is -2.29. The minimum absolute atomic E-state index is 0.283. The summed E-state index contributed by atoms with van der Waals surface area (Å²) >= 11 is 0. The summed E-state index contributed by atoms with van der Waals surface area (Å²) in [4.78, 5) is 7.13. The van der Waals surface area contributed by atoms with Crippen molar-refractivity contribution in [3.05, 3.63) is 89.5 Å². The Morgan fingerprint density at radius 1 is 1.00 bits per heavy atom. The maximum Gasteiger partial charge on any atom is 0.0759 e. The second-order valence-electron chi connectivity index (χ2n) is 6.77. The molecule has 1 aliphatic rings. The van der Waals surface area contributed by atoms with Gasteiger partial charge < -0.3 is 4.57 Å². The van der Waals surface area contributed by atoms with E-state index in [0.717, 1.165) is 38.2 Å². The van der Waals surface area contributed by atoms with E-state index in [1.807, 2.05) is 12.3 Å². The fourth-order valence-corrected chi connectivity index (χ4v) is 3.83. The highest BCUT2D eigenvalue weighted by atomic mass is 15.2. The van der Waals surface area contributed by atoms with Crippen molar-refractivity contribution >= 4 is 0 Å². The lowest BCUT2D eigenvalue weighted by atomic mass is 9.99. The Morgan fingerprint density at radius 2 is 1.88 bits per heavy atom. The van der Waals surface area contributed by atoms with Crippen molar-refractivity contribution in [2.75, 3.05) is 6.54 Å². The van der Waals surface area contributed by atoms with Gasteiger partial charge in [0.25, 0.3) is 0 Å². The maximum atomic E-state index is 4.55. The van der Waals surface area contributed by atoms with E-state index in [-0.39, 0.29) is 6.04 Å². The van der Waals surface area contributed by atoms with Gasteiger partial charge in [-0.05, 0) is 48.2 Å². The number of aromatic nitrogens is 2. The smallest absolute Gasteiger partial charge is 0.0759 e. The normalized spacial score (nSPS) is 17.9. The zero-order valence-corrected chi connectivity index (χ0v) is 14.8. The molecule has 0 saturated heterocycles. The minimum atomic E-state index is 0.283. The Bertz CT molecular complexity index is 805. The number of benzene rings is 1. The summed E-state index contributed by atoms with van der Waals surface area (Å²) in [5, 5.41) is 0. The zero-order valence-electron chi connectivity index (χ0n) is 14.8. The predicted octanol–water partition coefficient (Wildman–Crippen LogP) is 4.44. The molecule has 3 aromatic rings. The summed E-state index contributed by atoms with van der Waals surface area (Å²) in [6.45, 7) is 5.26. The summed E-state index contributed by atoms with van der Waals surface area (Å²) < 4.78 is 2.41. The van der Waals surface area contributed by atoms with Gasteiger partial charge in [-0.2, -0.15) is 0 Å². The third kappa shape index (κ3) is 3.38. The van der Waals surface area contributed by atoms with Gasteiger partial charge in [-0.1, -0.05) is 37.3 Å². The average molecular weight is 331 g/mol. The van der Waals surface area contributed by atoms with Crippen LogP contribution in [0.15, 0.2) is 67.0 Å². The average Bonchev–Trinajstić information content (AvgIpc) is 3.04. The van der Waals surface area contributed by atoms with Gasteiger partial charge in [-0.25, -0.2) is 0 Å². The summed E-state index contributed by atoms with van der Waals surface area (Å²) in [6, 6.07) is 20.1. The van der Waals surface area contributed by atoms with Crippen LogP contribution < -0.4 is 0 Å². The Morgan fingerprint density at radius 3 is 2.64 bits per heavy atom. The molecular formula is C22H25N3. The standard InChI is InChI=1S/C22H25N3/c1-2-18-9-11-19(12-10-18)22-21-8-5-14-24(21)15-6-16-25(22)17-20-7-3-4-13-23-20/h3-5,7-14,22H,2,6,15-17H2,1H3/t22-/m1/s1. The van der Waals surface area contributed by atoms with E-state index in [1.54, 1.807) is 0 Å². The Hall–Kier alpha value is -2.39. The quantitative estimate of drug-likeness (QED) is 0.705. The predicted molar refractivity (Wildman–Crippen MR) is 101 cm³/mol. The van der Waals surface area contributed by atoms with Crippen LogP contribution in [0.4, 0.5) is 0 Å². The van der Waals surface area contributed by atoms with E-state index in [2.05, 4.69) is 76.1 Å². The minimum Gasteiger partial charge on any atom is -0.350 e. The molecule has 0 saturated carbocycles. The third-order valence-corrected chi connectivity index (χ3v) is 5.15. The van der Waals surface area contributed by atoms with E-state index in [1.165, 1.54) is 16.8 Å². The van der Waals surface area contributed by atoms with E-state index < -0.39 is 0 Å². The number of rotatable bonds is 4. The second kappa shape index (κ2) is 7.24. The highest BCUT2D eigenvalue weighted by Crippen LogP contribution is 2.33. The lowest BCUT2D eigenvalue weighted by molar-refractivity contribution is 0.218. The molecule has 25 heavy (non-hydrogen) atoms. The van der Waals surface area contributed by atoms with Gasteiger partial charge in [0.15, 0.2) is 0 Å². The molecule has 0 spiro atoms. The van der Waals surface area contributed by atoms with Crippen LogP contribution >= 0.6 is 0 Å². The van der Waals surface area contributed by atoms with Crippen LogP contribution in [0.1, 0.15) is 41.9 Å². The number of fused-ring (bicyclic) bond motifs is 1. The molecule has 2 aromatic heterocycles. The molecule has 0 radical (unpaired) electrons.